The van der Waals surface area contributed by atoms with Crippen molar-refractivity contribution in [2.75, 3.05) is 30.9 Å². The van der Waals surface area contributed by atoms with E-state index in [1.165, 1.54) is 0 Å². The van der Waals surface area contributed by atoms with Gasteiger partial charge in [-0.1, -0.05) is 17.9 Å². The van der Waals surface area contributed by atoms with Crippen LogP contribution < -0.4 is 20.1 Å². The molecule has 0 aromatic carbocycles. The van der Waals surface area contributed by atoms with Crippen molar-refractivity contribution in [3.63, 3.8) is 0 Å². The van der Waals surface area contributed by atoms with Crippen LogP contribution in [0.4, 0.5) is 17.5 Å². The Morgan fingerprint density at radius 1 is 0.935 bits per heavy atom. The second kappa shape index (κ2) is 8.16. The molecular formula is C23H18N6O2. The van der Waals surface area contributed by atoms with Crippen LogP contribution in [0, 0.1) is 11.8 Å². The standard InChI is InChI=1S/C23H18N6O2/c1-24-23-18-13-26-21-11-17(18)16(12-27-23)6-5-15-7-8-25-14-19(15)30-9-10-31-22-4-2-3-20(28-21)29-22/h2-4,7-8,11-14H,9-10H2,1H3,(H,24,27)(H,26,28,29). The molecule has 0 aliphatic carbocycles. The van der Waals surface area contributed by atoms with Crippen LogP contribution in [0.25, 0.3) is 10.8 Å². The third kappa shape index (κ3) is 3.89. The first-order chi connectivity index (χ1) is 15.3. The summed E-state index contributed by atoms with van der Waals surface area (Å²) in [5, 5.41) is 8.13. The molecule has 0 unspecified atom stereocenters. The monoisotopic (exact) mass is 410 g/mol. The van der Waals surface area contributed by atoms with E-state index in [4.69, 9.17) is 9.47 Å². The molecule has 0 fully saturated rings. The fourth-order valence-corrected chi connectivity index (χ4v) is 3.23. The first-order valence-electron chi connectivity index (χ1n) is 9.72. The Morgan fingerprint density at radius 2 is 1.84 bits per heavy atom. The van der Waals surface area contributed by atoms with Gasteiger partial charge in [0.2, 0.25) is 5.88 Å². The maximum Gasteiger partial charge on any atom is 0.215 e. The maximum absolute atomic E-state index is 5.84. The van der Waals surface area contributed by atoms with Gasteiger partial charge in [-0.05, 0) is 18.2 Å². The lowest BCUT2D eigenvalue weighted by molar-refractivity contribution is 0.211. The Labute approximate surface area is 178 Å². The normalized spacial score (nSPS) is 12.5. The number of hydrogen-bond acceptors (Lipinski definition) is 8. The molecule has 5 heterocycles. The van der Waals surface area contributed by atoms with E-state index >= 15 is 0 Å². The molecule has 8 heteroatoms. The summed E-state index contributed by atoms with van der Waals surface area (Å²) in [6, 6.07) is 9.28. The van der Waals surface area contributed by atoms with Crippen LogP contribution in [0.1, 0.15) is 11.1 Å². The van der Waals surface area contributed by atoms with Crippen LogP contribution in [-0.2, 0) is 0 Å². The molecule has 0 saturated heterocycles. The van der Waals surface area contributed by atoms with E-state index in [2.05, 4.69) is 42.4 Å². The van der Waals surface area contributed by atoms with E-state index in [9.17, 15) is 0 Å². The molecule has 0 spiro atoms. The Balaban J connectivity index is 1.68. The van der Waals surface area contributed by atoms with Crippen molar-refractivity contribution in [1.82, 2.24) is 19.9 Å². The van der Waals surface area contributed by atoms with Crippen LogP contribution in [0.3, 0.4) is 0 Å². The van der Waals surface area contributed by atoms with Crippen molar-refractivity contribution in [3.05, 3.63) is 66.2 Å². The van der Waals surface area contributed by atoms with Crippen LogP contribution in [0.5, 0.6) is 11.6 Å². The SMILES string of the molecule is CNc1ncc2c3cc(ncc13)Nc1cccc(n1)OCCOc1cnccc1C#C2. The molecule has 5 rings (SSSR count). The highest BCUT2D eigenvalue weighted by molar-refractivity contribution is 5.96. The molecule has 1 aliphatic rings. The molecule has 1 aliphatic heterocycles. The predicted octanol–water partition coefficient (Wildman–Crippen LogP) is 3.38. The predicted molar refractivity (Wildman–Crippen MR) is 118 cm³/mol. The van der Waals surface area contributed by atoms with Gasteiger partial charge < -0.3 is 20.1 Å². The number of rotatable bonds is 1. The van der Waals surface area contributed by atoms with Crippen molar-refractivity contribution >= 4 is 28.2 Å². The Bertz CT molecular complexity index is 1330. The van der Waals surface area contributed by atoms with E-state index in [0.29, 0.717) is 36.5 Å². The van der Waals surface area contributed by atoms with Gasteiger partial charge in [0.1, 0.15) is 30.7 Å². The van der Waals surface area contributed by atoms with Gasteiger partial charge in [0.05, 0.1) is 17.3 Å². The fourth-order valence-electron chi connectivity index (χ4n) is 3.23. The first kappa shape index (κ1) is 18.6. The summed E-state index contributed by atoms with van der Waals surface area (Å²) in [6.45, 7) is 0.672. The van der Waals surface area contributed by atoms with Gasteiger partial charge in [0.25, 0.3) is 0 Å². The van der Waals surface area contributed by atoms with Crippen molar-refractivity contribution in [3.8, 4) is 23.5 Å². The van der Waals surface area contributed by atoms with E-state index in [0.717, 1.165) is 27.7 Å². The molecule has 0 saturated carbocycles. The summed E-state index contributed by atoms with van der Waals surface area (Å²) in [5.74, 6) is 9.51. The lowest BCUT2D eigenvalue weighted by Crippen LogP contribution is -2.11. The average molecular weight is 410 g/mol. The minimum Gasteiger partial charge on any atom is -0.487 e. The van der Waals surface area contributed by atoms with Gasteiger partial charge in [-0.2, -0.15) is 4.98 Å². The molecule has 4 bridgehead atoms. The Morgan fingerprint density at radius 3 is 2.77 bits per heavy atom. The minimum atomic E-state index is 0.335. The zero-order valence-corrected chi connectivity index (χ0v) is 16.7. The van der Waals surface area contributed by atoms with Crippen LogP contribution in [0.15, 0.2) is 55.1 Å². The summed E-state index contributed by atoms with van der Waals surface area (Å²) in [4.78, 5) is 17.6. The summed E-state index contributed by atoms with van der Waals surface area (Å²) in [6.07, 6.45) is 6.86. The maximum atomic E-state index is 5.84. The van der Waals surface area contributed by atoms with Gasteiger partial charge in [0, 0.05) is 42.5 Å². The third-order valence-corrected chi connectivity index (χ3v) is 4.70. The van der Waals surface area contributed by atoms with Crippen LogP contribution in [0.2, 0.25) is 0 Å². The molecule has 0 amide bonds. The van der Waals surface area contributed by atoms with Crippen molar-refractivity contribution in [1.29, 1.82) is 0 Å². The molecule has 152 valence electrons. The zero-order chi connectivity index (χ0) is 21.0. The third-order valence-electron chi connectivity index (χ3n) is 4.70. The van der Waals surface area contributed by atoms with Gasteiger partial charge >= 0.3 is 0 Å². The van der Waals surface area contributed by atoms with E-state index in [1.54, 1.807) is 30.9 Å². The summed E-state index contributed by atoms with van der Waals surface area (Å²) < 4.78 is 11.6. The van der Waals surface area contributed by atoms with Crippen LogP contribution >= 0.6 is 0 Å². The number of aromatic nitrogens is 4. The lowest BCUT2D eigenvalue weighted by atomic mass is 10.1. The molecule has 4 aromatic heterocycles. The molecule has 2 N–H and O–H groups in total. The number of ether oxygens (including phenoxy) is 2. The molecule has 31 heavy (non-hydrogen) atoms. The topological polar surface area (TPSA) is 94.1 Å². The molecule has 4 aromatic rings. The summed E-state index contributed by atoms with van der Waals surface area (Å²) in [5.41, 5.74) is 1.51. The first-order valence-corrected chi connectivity index (χ1v) is 9.72. The van der Waals surface area contributed by atoms with Gasteiger partial charge in [-0.3, -0.25) is 4.98 Å². The van der Waals surface area contributed by atoms with Crippen molar-refractivity contribution < 1.29 is 9.47 Å². The number of nitrogens with one attached hydrogen (secondary N) is 2. The Kier molecular flexibility index (Phi) is 4.91. The second-order valence-corrected chi connectivity index (χ2v) is 6.69. The second-order valence-electron chi connectivity index (χ2n) is 6.69. The van der Waals surface area contributed by atoms with E-state index < -0.39 is 0 Å². The summed E-state index contributed by atoms with van der Waals surface area (Å²) >= 11 is 0. The van der Waals surface area contributed by atoms with Gasteiger partial charge in [-0.25, -0.2) is 9.97 Å². The minimum absolute atomic E-state index is 0.335. The largest absolute Gasteiger partial charge is 0.487 e. The van der Waals surface area contributed by atoms with Crippen molar-refractivity contribution in [2.45, 2.75) is 0 Å². The molecule has 0 atom stereocenters. The highest BCUT2D eigenvalue weighted by Crippen LogP contribution is 2.27. The Hall–Kier alpha value is -4.38. The zero-order valence-electron chi connectivity index (χ0n) is 16.7. The van der Waals surface area contributed by atoms with Gasteiger partial charge in [0.15, 0.2) is 5.75 Å². The summed E-state index contributed by atoms with van der Waals surface area (Å²) in [7, 11) is 1.83. The average Bonchev–Trinajstić information content (AvgIpc) is 2.80. The number of fused-ring (bicyclic) bond motifs is 4. The smallest absolute Gasteiger partial charge is 0.215 e. The number of nitrogens with zero attached hydrogens (tertiary/aromatic N) is 4. The van der Waals surface area contributed by atoms with E-state index in [-0.39, 0.29) is 0 Å². The number of anilines is 3. The highest BCUT2D eigenvalue weighted by atomic mass is 16.5. The number of pyridine rings is 4. The van der Waals surface area contributed by atoms with E-state index in [1.807, 2.05) is 31.3 Å². The van der Waals surface area contributed by atoms with Gasteiger partial charge in [-0.15, -0.1) is 0 Å². The fraction of sp³-hybridized carbons (Fsp3) is 0.130. The molecular weight excluding hydrogens is 392 g/mol. The van der Waals surface area contributed by atoms with Crippen LogP contribution in [-0.4, -0.2) is 40.2 Å². The number of hydrogen-bond donors (Lipinski definition) is 2. The lowest BCUT2D eigenvalue weighted by Gasteiger charge is -2.12. The highest BCUT2D eigenvalue weighted by Gasteiger charge is 2.10. The van der Waals surface area contributed by atoms with Crippen molar-refractivity contribution in [2.24, 2.45) is 0 Å². The molecule has 8 nitrogen and oxygen atoms in total. The quantitative estimate of drug-likeness (QED) is 0.461. The molecule has 0 radical (unpaired) electrons.